The van der Waals surface area contributed by atoms with Gasteiger partial charge in [0.2, 0.25) is 0 Å². The van der Waals surface area contributed by atoms with Gasteiger partial charge in [-0.2, -0.15) is 0 Å². The summed E-state index contributed by atoms with van der Waals surface area (Å²) in [5.74, 6) is 1.85. The van der Waals surface area contributed by atoms with Crippen LogP contribution in [0.2, 0.25) is 0 Å². The molecular weight excluding hydrogens is 352 g/mol. The van der Waals surface area contributed by atoms with Crippen LogP contribution in [0.1, 0.15) is 25.0 Å². The number of para-hydroxylation sites is 1. The first-order valence-corrected chi connectivity index (χ1v) is 9.76. The minimum Gasteiger partial charge on any atom is -0.457 e. The Balaban J connectivity index is 1.57. The predicted octanol–water partition coefficient (Wildman–Crippen LogP) is 6.30. The Kier molecular flexibility index (Phi) is 3.62. The molecule has 132 valence electrons. The minimum absolute atomic E-state index is 0.132. The molecule has 1 aliphatic rings. The maximum atomic E-state index is 6.15. The van der Waals surface area contributed by atoms with Gasteiger partial charge in [-0.05, 0) is 24.3 Å². The van der Waals surface area contributed by atoms with Crippen LogP contribution in [-0.2, 0) is 5.41 Å². The molecule has 27 heavy (non-hydrogen) atoms. The molecule has 0 atom stereocenters. The van der Waals surface area contributed by atoms with Crippen molar-refractivity contribution in [2.75, 3.05) is 0 Å². The van der Waals surface area contributed by atoms with E-state index in [-0.39, 0.29) is 5.41 Å². The van der Waals surface area contributed by atoms with Gasteiger partial charge in [-0.1, -0.05) is 73.7 Å². The zero-order valence-electron chi connectivity index (χ0n) is 15.1. The maximum absolute atomic E-state index is 6.15. The van der Waals surface area contributed by atoms with Crippen molar-refractivity contribution in [3.63, 3.8) is 0 Å². The van der Waals surface area contributed by atoms with Gasteiger partial charge in [-0.3, -0.25) is 0 Å². The van der Waals surface area contributed by atoms with Crippen LogP contribution >= 0.6 is 11.3 Å². The number of hydrogen-bond donors (Lipinski definition) is 0. The summed E-state index contributed by atoms with van der Waals surface area (Å²) in [5, 5.41) is 10.7. The van der Waals surface area contributed by atoms with Gasteiger partial charge in [0, 0.05) is 27.7 Å². The van der Waals surface area contributed by atoms with E-state index in [4.69, 9.17) is 4.74 Å². The predicted molar refractivity (Wildman–Crippen MR) is 109 cm³/mol. The molecule has 4 aromatic rings. The molecule has 0 fully saturated rings. The van der Waals surface area contributed by atoms with Crippen molar-refractivity contribution in [1.82, 2.24) is 10.2 Å². The molecule has 3 nitrogen and oxygen atoms in total. The van der Waals surface area contributed by atoms with Crippen LogP contribution in [0.15, 0.2) is 72.8 Å². The van der Waals surface area contributed by atoms with Gasteiger partial charge in [-0.15, -0.1) is 10.2 Å². The van der Waals surface area contributed by atoms with Crippen molar-refractivity contribution in [3.05, 3.63) is 83.9 Å². The monoisotopic (exact) mass is 370 g/mol. The van der Waals surface area contributed by atoms with Crippen molar-refractivity contribution in [2.45, 2.75) is 19.3 Å². The Morgan fingerprint density at radius 3 is 2.19 bits per heavy atom. The highest BCUT2D eigenvalue weighted by Gasteiger charge is 2.34. The lowest BCUT2D eigenvalue weighted by Crippen LogP contribution is -2.24. The molecule has 0 aliphatic carbocycles. The molecule has 3 aromatic carbocycles. The quantitative estimate of drug-likeness (QED) is 0.415. The Morgan fingerprint density at radius 2 is 1.37 bits per heavy atom. The van der Waals surface area contributed by atoms with E-state index in [1.165, 1.54) is 11.1 Å². The maximum Gasteiger partial charge on any atom is 0.148 e. The number of ether oxygens (including phenoxy) is 1. The van der Waals surface area contributed by atoms with E-state index in [0.29, 0.717) is 0 Å². The molecule has 0 saturated heterocycles. The molecule has 4 heteroatoms. The van der Waals surface area contributed by atoms with Crippen molar-refractivity contribution >= 4 is 11.3 Å². The van der Waals surface area contributed by atoms with Gasteiger partial charge in [0.25, 0.3) is 0 Å². The van der Waals surface area contributed by atoms with Gasteiger partial charge in [0.05, 0.1) is 0 Å². The second-order valence-corrected chi connectivity index (χ2v) is 8.19. The number of rotatable bonds is 2. The summed E-state index contributed by atoms with van der Waals surface area (Å²) in [4.78, 5) is 0. The molecule has 1 aliphatic heterocycles. The summed E-state index contributed by atoms with van der Waals surface area (Å²) in [7, 11) is 0. The Hall–Kier alpha value is -2.98. The van der Waals surface area contributed by atoms with Crippen LogP contribution in [0.25, 0.3) is 21.1 Å². The lowest BCUT2D eigenvalue weighted by Gasteiger charge is -2.34. The van der Waals surface area contributed by atoms with Crippen LogP contribution in [0.3, 0.4) is 0 Å². The topological polar surface area (TPSA) is 35.0 Å². The van der Waals surface area contributed by atoms with Crippen molar-refractivity contribution in [2.24, 2.45) is 0 Å². The largest absolute Gasteiger partial charge is 0.457 e. The van der Waals surface area contributed by atoms with Crippen molar-refractivity contribution in [3.8, 4) is 32.6 Å². The molecule has 0 bridgehead atoms. The molecule has 0 N–H and O–H groups in total. The smallest absolute Gasteiger partial charge is 0.148 e. The number of hydrogen-bond acceptors (Lipinski definition) is 4. The van der Waals surface area contributed by atoms with Crippen LogP contribution < -0.4 is 4.74 Å². The number of fused-ring (bicyclic) bond motifs is 2. The fraction of sp³-hybridized carbons (Fsp3) is 0.130. The van der Waals surface area contributed by atoms with E-state index in [0.717, 1.165) is 32.6 Å². The van der Waals surface area contributed by atoms with Gasteiger partial charge < -0.3 is 4.74 Å². The summed E-state index contributed by atoms with van der Waals surface area (Å²) in [6.45, 7) is 4.49. The summed E-state index contributed by atoms with van der Waals surface area (Å²) >= 11 is 1.61. The SMILES string of the molecule is CC1(C)c2ccccc2Oc2ccc(-c3nnc(-c4ccccc4)s3)cc21. The number of nitrogens with zero attached hydrogens (tertiary/aromatic N) is 2. The van der Waals surface area contributed by atoms with E-state index < -0.39 is 0 Å². The lowest BCUT2D eigenvalue weighted by molar-refractivity contribution is 0.418. The summed E-state index contributed by atoms with van der Waals surface area (Å²) in [5.41, 5.74) is 4.42. The lowest BCUT2D eigenvalue weighted by atomic mass is 9.75. The second kappa shape index (κ2) is 6.03. The third-order valence-corrected chi connectivity index (χ3v) is 6.15. The summed E-state index contributed by atoms with van der Waals surface area (Å²) < 4.78 is 6.15. The van der Waals surface area contributed by atoms with E-state index in [1.54, 1.807) is 11.3 Å². The highest BCUT2D eigenvalue weighted by molar-refractivity contribution is 7.17. The van der Waals surface area contributed by atoms with Gasteiger partial charge in [0.1, 0.15) is 21.5 Å². The average Bonchev–Trinajstić information content (AvgIpc) is 3.19. The first-order chi connectivity index (χ1) is 13.1. The van der Waals surface area contributed by atoms with Crippen LogP contribution in [0.4, 0.5) is 0 Å². The third-order valence-electron chi connectivity index (χ3n) is 5.13. The van der Waals surface area contributed by atoms with E-state index in [1.807, 2.05) is 36.4 Å². The second-order valence-electron chi connectivity index (χ2n) is 7.21. The van der Waals surface area contributed by atoms with E-state index >= 15 is 0 Å². The van der Waals surface area contributed by atoms with Gasteiger partial charge in [0.15, 0.2) is 0 Å². The van der Waals surface area contributed by atoms with Crippen LogP contribution in [0.5, 0.6) is 11.5 Å². The summed E-state index contributed by atoms with van der Waals surface area (Å²) in [6.07, 6.45) is 0. The highest BCUT2D eigenvalue weighted by atomic mass is 32.1. The molecule has 1 aromatic heterocycles. The first kappa shape index (κ1) is 16.2. The highest BCUT2D eigenvalue weighted by Crippen LogP contribution is 2.48. The summed E-state index contributed by atoms with van der Waals surface area (Å²) in [6, 6.07) is 24.7. The number of benzene rings is 3. The zero-order chi connectivity index (χ0) is 18.4. The molecule has 5 rings (SSSR count). The normalized spacial score (nSPS) is 14.1. The molecule has 0 spiro atoms. The molecule has 0 unspecified atom stereocenters. The average molecular weight is 370 g/mol. The van der Waals surface area contributed by atoms with Crippen molar-refractivity contribution < 1.29 is 4.74 Å². The molecule has 0 radical (unpaired) electrons. The zero-order valence-corrected chi connectivity index (χ0v) is 16.0. The standard InChI is InChI=1S/C23H18N2OS/c1-23(2)17-10-6-7-11-19(17)26-20-13-12-16(14-18(20)23)22-25-24-21(27-22)15-8-4-3-5-9-15/h3-14H,1-2H3. The third kappa shape index (κ3) is 2.64. The fourth-order valence-electron chi connectivity index (χ4n) is 3.61. The van der Waals surface area contributed by atoms with Crippen LogP contribution in [-0.4, -0.2) is 10.2 Å². The first-order valence-electron chi connectivity index (χ1n) is 8.94. The molecule has 0 saturated carbocycles. The Labute approximate surface area is 162 Å². The van der Waals surface area contributed by atoms with Gasteiger partial charge in [-0.25, -0.2) is 0 Å². The number of aromatic nitrogens is 2. The van der Waals surface area contributed by atoms with Crippen molar-refractivity contribution in [1.29, 1.82) is 0 Å². The van der Waals surface area contributed by atoms with E-state index in [2.05, 4.69) is 60.4 Å². The minimum atomic E-state index is -0.132. The Bertz CT molecular complexity index is 1130. The van der Waals surface area contributed by atoms with Crippen LogP contribution in [0, 0.1) is 0 Å². The van der Waals surface area contributed by atoms with E-state index in [9.17, 15) is 0 Å². The fourth-order valence-corrected chi connectivity index (χ4v) is 4.46. The molecular formula is C23H18N2OS. The molecule has 0 amide bonds. The molecule has 2 heterocycles. The van der Waals surface area contributed by atoms with Gasteiger partial charge >= 0.3 is 0 Å². The Morgan fingerprint density at radius 1 is 0.704 bits per heavy atom.